The summed E-state index contributed by atoms with van der Waals surface area (Å²) in [6.07, 6.45) is 2.21. The van der Waals surface area contributed by atoms with Crippen molar-refractivity contribution < 1.29 is 22.3 Å². The number of aromatic nitrogens is 5. The molecule has 0 radical (unpaired) electrons. The third-order valence-electron chi connectivity index (χ3n) is 6.22. The van der Waals surface area contributed by atoms with Crippen LogP contribution in [0.4, 0.5) is 23.5 Å². The standard InChI is InChI=1S/C23H22F4N6OS2/c1-13(14-5-7-32(8-6-14)20-28-10-15(11-29-20)23(25,26)27)34-22-31-33-12-19(30-21(33)36-22)17-4-3-16(35-2)9-18(17)24/h3-4,9-14H,5-8H2,1-2H3/t13-/m0/s1. The molecule has 0 unspecified atom stereocenters. The molecule has 1 atom stereocenters. The number of thioether (sulfide) groups is 1. The number of alkyl halides is 3. The minimum absolute atomic E-state index is 0.118. The van der Waals surface area contributed by atoms with Gasteiger partial charge in [0.05, 0.1) is 17.5 Å². The first-order valence-corrected chi connectivity index (χ1v) is 13.3. The Morgan fingerprint density at radius 1 is 1.17 bits per heavy atom. The molecule has 0 N–H and O–H groups in total. The summed E-state index contributed by atoms with van der Waals surface area (Å²) in [5.74, 6) is 0.212. The zero-order chi connectivity index (χ0) is 25.4. The zero-order valence-corrected chi connectivity index (χ0v) is 21.0. The Balaban J connectivity index is 1.19. The molecular formula is C23H22F4N6OS2. The molecule has 5 rings (SSSR count). The van der Waals surface area contributed by atoms with Crippen molar-refractivity contribution in [1.29, 1.82) is 0 Å². The molecule has 0 saturated carbocycles. The first kappa shape index (κ1) is 24.8. The molecule has 7 nitrogen and oxygen atoms in total. The van der Waals surface area contributed by atoms with Gasteiger partial charge in [-0.15, -0.1) is 16.9 Å². The molecule has 1 aliphatic heterocycles. The first-order valence-electron chi connectivity index (χ1n) is 11.2. The molecule has 3 aromatic heterocycles. The maximum Gasteiger partial charge on any atom is 0.419 e. The van der Waals surface area contributed by atoms with Gasteiger partial charge in [-0.2, -0.15) is 13.2 Å². The van der Waals surface area contributed by atoms with Crippen molar-refractivity contribution in [3.8, 4) is 16.5 Å². The van der Waals surface area contributed by atoms with E-state index in [9.17, 15) is 17.6 Å². The smallest absolute Gasteiger partial charge is 0.419 e. The molecule has 4 heterocycles. The number of anilines is 1. The Bertz CT molecular complexity index is 1320. The normalized spacial score (nSPS) is 16.0. The molecule has 1 aromatic carbocycles. The van der Waals surface area contributed by atoms with Crippen LogP contribution in [-0.4, -0.2) is 50.0 Å². The lowest BCUT2D eigenvalue weighted by atomic mass is 9.92. The molecule has 1 saturated heterocycles. The Morgan fingerprint density at radius 3 is 2.50 bits per heavy atom. The lowest BCUT2D eigenvalue weighted by Gasteiger charge is -2.34. The Morgan fingerprint density at radius 2 is 1.89 bits per heavy atom. The first-order chi connectivity index (χ1) is 17.2. The van der Waals surface area contributed by atoms with Gasteiger partial charge in [0.15, 0.2) is 0 Å². The average molecular weight is 539 g/mol. The maximum atomic E-state index is 14.5. The van der Waals surface area contributed by atoms with Crippen LogP contribution in [0.3, 0.4) is 0 Å². The predicted molar refractivity (Wildman–Crippen MR) is 130 cm³/mol. The van der Waals surface area contributed by atoms with Crippen LogP contribution in [0.5, 0.6) is 5.19 Å². The highest BCUT2D eigenvalue weighted by Crippen LogP contribution is 2.32. The fourth-order valence-electron chi connectivity index (χ4n) is 4.14. The number of benzene rings is 1. The number of ether oxygens (including phenoxy) is 1. The van der Waals surface area contributed by atoms with E-state index in [1.54, 1.807) is 16.8 Å². The Labute approximate surface area is 212 Å². The van der Waals surface area contributed by atoms with Gasteiger partial charge in [0, 0.05) is 35.9 Å². The van der Waals surface area contributed by atoms with Crippen LogP contribution >= 0.6 is 23.1 Å². The number of hydrogen-bond acceptors (Lipinski definition) is 8. The van der Waals surface area contributed by atoms with Gasteiger partial charge < -0.3 is 9.64 Å². The molecule has 36 heavy (non-hydrogen) atoms. The summed E-state index contributed by atoms with van der Waals surface area (Å²) < 4.78 is 60.3. The summed E-state index contributed by atoms with van der Waals surface area (Å²) >= 11 is 2.76. The van der Waals surface area contributed by atoms with Gasteiger partial charge in [-0.1, -0.05) is 0 Å². The molecule has 0 aliphatic carbocycles. The molecule has 1 fully saturated rings. The summed E-state index contributed by atoms with van der Waals surface area (Å²) in [6.45, 7) is 3.22. The molecule has 13 heteroatoms. The van der Waals surface area contributed by atoms with Crippen LogP contribution in [0.2, 0.25) is 0 Å². The van der Waals surface area contributed by atoms with Crippen LogP contribution in [0.1, 0.15) is 25.3 Å². The van der Waals surface area contributed by atoms with Crippen molar-refractivity contribution in [1.82, 2.24) is 24.6 Å². The number of rotatable bonds is 6. The van der Waals surface area contributed by atoms with Crippen molar-refractivity contribution in [2.45, 2.75) is 36.9 Å². The van der Waals surface area contributed by atoms with Crippen LogP contribution in [0, 0.1) is 11.7 Å². The van der Waals surface area contributed by atoms with E-state index >= 15 is 0 Å². The number of fused-ring (bicyclic) bond motifs is 1. The van der Waals surface area contributed by atoms with E-state index in [0.717, 1.165) is 30.1 Å². The van der Waals surface area contributed by atoms with Gasteiger partial charge in [-0.25, -0.2) is 23.9 Å². The highest BCUT2D eigenvalue weighted by atomic mass is 32.2. The fraction of sp³-hybridized carbons (Fsp3) is 0.391. The van der Waals surface area contributed by atoms with E-state index in [1.165, 1.54) is 29.2 Å². The Kier molecular flexibility index (Phi) is 6.77. The van der Waals surface area contributed by atoms with Gasteiger partial charge in [0.1, 0.15) is 11.9 Å². The van der Waals surface area contributed by atoms with Gasteiger partial charge in [-0.3, -0.25) is 0 Å². The second-order valence-corrected chi connectivity index (χ2v) is 10.3. The van der Waals surface area contributed by atoms with E-state index in [-0.39, 0.29) is 17.8 Å². The largest absolute Gasteiger partial charge is 0.466 e. The number of hydrogen-bond donors (Lipinski definition) is 0. The zero-order valence-electron chi connectivity index (χ0n) is 19.4. The van der Waals surface area contributed by atoms with E-state index in [0.29, 0.717) is 40.4 Å². The van der Waals surface area contributed by atoms with Crippen molar-refractivity contribution in [3.63, 3.8) is 0 Å². The van der Waals surface area contributed by atoms with E-state index < -0.39 is 11.7 Å². The van der Waals surface area contributed by atoms with E-state index in [2.05, 4.69) is 20.1 Å². The number of nitrogens with zero attached hydrogens (tertiary/aromatic N) is 6. The fourth-order valence-corrected chi connectivity index (χ4v) is 5.39. The van der Waals surface area contributed by atoms with Crippen LogP contribution in [0.15, 0.2) is 41.7 Å². The van der Waals surface area contributed by atoms with Gasteiger partial charge in [0.2, 0.25) is 10.9 Å². The lowest BCUT2D eigenvalue weighted by molar-refractivity contribution is -0.138. The third-order valence-corrected chi connectivity index (χ3v) is 7.75. The molecule has 0 amide bonds. The summed E-state index contributed by atoms with van der Waals surface area (Å²) in [7, 11) is 0. The van der Waals surface area contributed by atoms with Crippen molar-refractivity contribution in [2.75, 3.05) is 24.2 Å². The van der Waals surface area contributed by atoms with Gasteiger partial charge in [0.25, 0.3) is 5.19 Å². The second-order valence-electron chi connectivity index (χ2n) is 8.48. The van der Waals surface area contributed by atoms with Crippen molar-refractivity contribution in [3.05, 3.63) is 48.2 Å². The second kappa shape index (κ2) is 9.85. The third kappa shape index (κ3) is 5.12. The molecule has 190 valence electrons. The molecular weight excluding hydrogens is 516 g/mol. The average Bonchev–Trinajstić information content (AvgIpc) is 3.42. The van der Waals surface area contributed by atoms with Crippen LogP contribution < -0.4 is 9.64 Å². The summed E-state index contributed by atoms with van der Waals surface area (Å²) in [6, 6.07) is 5.07. The molecule has 0 spiro atoms. The predicted octanol–water partition coefficient (Wildman–Crippen LogP) is 5.81. The SMILES string of the molecule is CSc1ccc(-c2cn3nc(O[C@@H](C)C4CCN(c5ncc(C(F)(F)F)cn5)CC4)sc3n2)c(F)c1. The molecule has 0 bridgehead atoms. The van der Waals surface area contributed by atoms with Crippen molar-refractivity contribution >= 4 is 34.0 Å². The number of piperidine rings is 1. The monoisotopic (exact) mass is 538 g/mol. The molecule has 1 aliphatic rings. The summed E-state index contributed by atoms with van der Waals surface area (Å²) in [4.78, 5) is 15.6. The van der Waals surface area contributed by atoms with E-state index in [4.69, 9.17) is 4.74 Å². The van der Waals surface area contributed by atoms with Crippen molar-refractivity contribution in [2.24, 2.45) is 5.92 Å². The lowest BCUT2D eigenvalue weighted by Crippen LogP contribution is -2.39. The minimum Gasteiger partial charge on any atom is -0.466 e. The Hall–Kier alpha value is -2.93. The quantitative estimate of drug-likeness (QED) is 0.227. The number of imidazole rings is 1. The van der Waals surface area contributed by atoms with Crippen LogP contribution in [0.25, 0.3) is 16.2 Å². The van der Waals surface area contributed by atoms with Gasteiger partial charge >= 0.3 is 6.18 Å². The summed E-state index contributed by atoms with van der Waals surface area (Å²) in [5.41, 5.74) is 0.0742. The highest BCUT2D eigenvalue weighted by molar-refractivity contribution is 7.98. The van der Waals surface area contributed by atoms with E-state index in [1.807, 2.05) is 24.1 Å². The highest BCUT2D eigenvalue weighted by Gasteiger charge is 2.32. The number of halogens is 4. The summed E-state index contributed by atoms with van der Waals surface area (Å²) in [5, 5.41) is 4.92. The minimum atomic E-state index is -4.45. The van der Waals surface area contributed by atoms with Gasteiger partial charge in [-0.05, 0) is 61.5 Å². The maximum absolute atomic E-state index is 14.5. The molecule has 4 aromatic rings. The van der Waals surface area contributed by atoms with Crippen LogP contribution in [-0.2, 0) is 6.18 Å². The topological polar surface area (TPSA) is 68.4 Å².